The number of hydrogen-bond donors (Lipinski definition) is 0. The molecule has 72 valence electrons. The first kappa shape index (κ1) is 10.5. The Balaban J connectivity index is 2.99. The molecule has 1 aromatic rings. The second kappa shape index (κ2) is 3.64. The highest BCUT2D eigenvalue weighted by Gasteiger charge is 2.37. The highest BCUT2D eigenvalue weighted by Crippen LogP contribution is 2.34. The van der Waals surface area contributed by atoms with Gasteiger partial charge in [0.2, 0.25) is 5.67 Å². The Labute approximate surface area is 84.3 Å². The molecule has 2 nitrogen and oxygen atoms in total. The molecule has 0 saturated carbocycles. The Bertz CT molecular complexity index is 322. The van der Waals surface area contributed by atoms with Crippen molar-refractivity contribution >= 4 is 28.9 Å². The largest absolute Gasteiger partial charge is 0.466 e. The third-order valence-electron chi connectivity index (χ3n) is 1.60. The summed E-state index contributed by atoms with van der Waals surface area (Å²) in [5, 5.41) is 0. The summed E-state index contributed by atoms with van der Waals surface area (Å²) in [6.45, 7) is 1.15. The fraction of sp³-hybridized carbons (Fsp3) is 0.375. The van der Waals surface area contributed by atoms with Crippen LogP contribution in [0.1, 0.15) is 11.8 Å². The van der Waals surface area contributed by atoms with Gasteiger partial charge in [0.25, 0.3) is 0 Å². The van der Waals surface area contributed by atoms with Gasteiger partial charge < -0.3 is 4.74 Å². The maximum absolute atomic E-state index is 13.7. The molecule has 1 heterocycles. The van der Waals surface area contributed by atoms with Crippen molar-refractivity contribution in [2.24, 2.45) is 0 Å². The Morgan fingerprint density at radius 3 is 2.69 bits per heavy atom. The molecular weight excluding hydrogens is 215 g/mol. The van der Waals surface area contributed by atoms with Gasteiger partial charge in [0.1, 0.15) is 0 Å². The zero-order valence-electron chi connectivity index (χ0n) is 7.14. The van der Waals surface area contributed by atoms with E-state index in [0.29, 0.717) is 4.34 Å². The van der Waals surface area contributed by atoms with E-state index in [0.717, 1.165) is 25.4 Å². The van der Waals surface area contributed by atoms with Crippen molar-refractivity contribution in [2.45, 2.75) is 12.6 Å². The van der Waals surface area contributed by atoms with Gasteiger partial charge in [-0.25, -0.2) is 9.18 Å². The molecule has 1 rings (SSSR count). The molecule has 0 fully saturated rings. The van der Waals surface area contributed by atoms with Crippen LogP contribution in [-0.2, 0) is 15.2 Å². The van der Waals surface area contributed by atoms with Gasteiger partial charge in [-0.3, -0.25) is 0 Å². The number of alkyl halides is 1. The van der Waals surface area contributed by atoms with E-state index in [4.69, 9.17) is 11.6 Å². The second-order valence-corrected chi connectivity index (χ2v) is 4.31. The van der Waals surface area contributed by atoms with Crippen molar-refractivity contribution in [1.82, 2.24) is 0 Å². The van der Waals surface area contributed by atoms with Gasteiger partial charge in [0.05, 0.1) is 16.3 Å². The van der Waals surface area contributed by atoms with E-state index in [9.17, 15) is 9.18 Å². The smallest absolute Gasteiger partial charge is 0.348 e. The SMILES string of the molecule is COC(=O)C(C)(F)c1ccc(Cl)s1. The van der Waals surface area contributed by atoms with E-state index in [1.54, 1.807) is 6.07 Å². The van der Waals surface area contributed by atoms with Crippen LogP contribution >= 0.6 is 22.9 Å². The summed E-state index contributed by atoms with van der Waals surface area (Å²) in [5.41, 5.74) is -2.10. The van der Waals surface area contributed by atoms with Gasteiger partial charge in [-0.1, -0.05) is 11.6 Å². The predicted octanol–water partition coefficient (Wildman–Crippen LogP) is 2.76. The molecule has 0 aliphatic heterocycles. The average Bonchev–Trinajstić information content (AvgIpc) is 2.50. The first-order chi connectivity index (χ1) is 5.98. The lowest BCUT2D eigenvalue weighted by Crippen LogP contribution is -2.27. The van der Waals surface area contributed by atoms with Crippen LogP contribution in [0, 0.1) is 0 Å². The molecule has 1 aromatic heterocycles. The molecule has 0 saturated heterocycles. The normalized spacial score (nSPS) is 15.1. The molecule has 5 heteroatoms. The fourth-order valence-corrected chi connectivity index (χ4v) is 1.93. The number of esters is 1. The molecule has 0 spiro atoms. The zero-order valence-corrected chi connectivity index (χ0v) is 8.71. The topological polar surface area (TPSA) is 26.3 Å². The maximum atomic E-state index is 13.7. The van der Waals surface area contributed by atoms with Gasteiger partial charge in [-0.05, 0) is 19.1 Å². The second-order valence-electron chi connectivity index (χ2n) is 2.60. The lowest BCUT2D eigenvalue weighted by atomic mass is 10.1. The quantitative estimate of drug-likeness (QED) is 0.720. The van der Waals surface area contributed by atoms with E-state index >= 15 is 0 Å². The van der Waals surface area contributed by atoms with Gasteiger partial charge >= 0.3 is 5.97 Å². The molecule has 0 aliphatic rings. The fourth-order valence-electron chi connectivity index (χ4n) is 0.859. The first-order valence-electron chi connectivity index (χ1n) is 3.51. The molecule has 1 unspecified atom stereocenters. The van der Waals surface area contributed by atoms with Gasteiger partial charge in [-0.15, -0.1) is 11.3 Å². The van der Waals surface area contributed by atoms with Crippen LogP contribution in [0.5, 0.6) is 0 Å². The lowest BCUT2D eigenvalue weighted by Gasteiger charge is -2.14. The minimum absolute atomic E-state index is 0.254. The van der Waals surface area contributed by atoms with Crippen molar-refractivity contribution in [3.63, 3.8) is 0 Å². The van der Waals surface area contributed by atoms with Crippen LogP contribution in [0.4, 0.5) is 4.39 Å². The maximum Gasteiger partial charge on any atom is 0.348 e. The highest BCUT2D eigenvalue weighted by molar-refractivity contribution is 7.16. The van der Waals surface area contributed by atoms with Crippen LogP contribution in [0.25, 0.3) is 0 Å². The van der Waals surface area contributed by atoms with Gasteiger partial charge in [0.15, 0.2) is 0 Å². The molecule has 0 radical (unpaired) electrons. The molecule has 0 aliphatic carbocycles. The summed E-state index contributed by atoms with van der Waals surface area (Å²) < 4.78 is 18.5. The Kier molecular flexibility index (Phi) is 2.93. The van der Waals surface area contributed by atoms with Crippen molar-refractivity contribution in [2.75, 3.05) is 7.11 Å². The molecule has 1 atom stereocenters. The van der Waals surface area contributed by atoms with Crippen molar-refractivity contribution in [1.29, 1.82) is 0 Å². The van der Waals surface area contributed by atoms with Crippen molar-refractivity contribution < 1.29 is 13.9 Å². The third kappa shape index (κ3) is 2.00. The number of rotatable bonds is 2. The Hall–Kier alpha value is -0.610. The minimum Gasteiger partial charge on any atom is -0.466 e. The number of carbonyl (C=O) groups excluding carboxylic acids is 1. The third-order valence-corrected chi connectivity index (χ3v) is 3.03. The summed E-state index contributed by atoms with van der Waals surface area (Å²) in [4.78, 5) is 11.3. The van der Waals surface area contributed by atoms with E-state index in [-0.39, 0.29) is 4.88 Å². The molecule has 0 N–H and O–H groups in total. The zero-order chi connectivity index (χ0) is 10.1. The van der Waals surface area contributed by atoms with Gasteiger partial charge in [-0.2, -0.15) is 0 Å². The average molecular weight is 223 g/mol. The Morgan fingerprint density at radius 1 is 1.69 bits per heavy atom. The van der Waals surface area contributed by atoms with E-state index < -0.39 is 11.6 Å². The monoisotopic (exact) mass is 222 g/mol. The van der Waals surface area contributed by atoms with Crippen LogP contribution in [0.2, 0.25) is 4.34 Å². The lowest BCUT2D eigenvalue weighted by molar-refractivity contribution is -0.153. The molecule has 13 heavy (non-hydrogen) atoms. The first-order valence-corrected chi connectivity index (χ1v) is 4.71. The summed E-state index contributed by atoms with van der Waals surface area (Å²) in [6, 6.07) is 3.02. The van der Waals surface area contributed by atoms with Crippen LogP contribution < -0.4 is 0 Å². The molecular formula is C8H8ClFO2S. The van der Waals surface area contributed by atoms with E-state index in [2.05, 4.69) is 4.74 Å². The number of hydrogen-bond acceptors (Lipinski definition) is 3. The number of ether oxygens (including phenoxy) is 1. The summed E-state index contributed by atoms with van der Waals surface area (Å²) in [6.07, 6.45) is 0. The standard InChI is InChI=1S/C8H8ClFO2S/c1-8(10,7(11)12-2)5-3-4-6(9)13-5/h3-4H,1-2H3. The summed E-state index contributed by atoms with van der Waals surface area (Å²) in [5.74, 6) is -0.911. The number of methoxy groups -OCH3 is 1. The van der Waals surface area contributed by atoms with Crippen LogP contribution in [0.15, 0.2) is 12.1 Å². The van der Waals surface area contributed by atoms with Gasteiger partial charge in [0, 0.05) is 0 Å². The summed E-state index contributed by atoms with van der Waals surface area (Å²) in [7, 11) is 1.15. The minimum atomic E-state index is -2.10. The number of thiophene rings is 1. The van der Waals surface area contributed by atoms with Crippen molar-refractivity contribution in [3.8, 4) is 0 Å². The van der Waals surface area contributed by atoms with Crippen LogP contribution in [-0.4, -0.2) is 13.1 Å². The molecule has 0 amide bonds. The predicted molar refractivity (Wildman–Crippen MR) is 49.8 cm³/mol. The molecule has 0 aromatic carbocycles. The summed E-state index contributed by atoms with van der Waals surface area (Å²) >= 11 is 6.64. The Morgan fingerprint density at radius 2 is 2.31 bits per heavy atom. The number of halogens is 2. The van der Waals surface area contributed by atoms with Crippen LogP contribution in [0.3, 0.4) is 0 Å². The van der Waals surface area contributed by atoms with Crippen molar-refractivity contribution in [3.05, 3.63) is 21.3 Å². The number of carbonyl (C=O) groups is 1. The van der Waals surface area contributed by atoms with E-state index in [1.807, 2.05) is 0 Å². The van der Waals surface area contributed by atoms with E-state index in [1.165, 1.54) is 6.07 Å². The molecule has 0 bridgehead atoms. The highest BCUT2D eigenvalue weighted by atomic mass is 35.5.